The van der Waals surface area contributed by atoms with Crippen LogP contribution >= 0.6 is 0 Å². The third kappa shape index (κ3) is 4.97. The molecular formula is C24H26F3N5O3. The predicted octanol–water partition coefficient (Wildman–Crippen LogP) is 3.22. The summed E-state index contributed by atoms with van der Waals surface area (Å²) in [6.07, 6.45) is -3.27. The Hall–Kier alpha value is -3.55. The van der Waals surface area contributed by atoms with Gasteiger partial charge in [-0.25, -0.2) is 0 Å². The summed E-state index contributed by atoms with van der Waals surface area (Å²) in [5.74, 6) is -0.207. The summed E-state index contributed by atoms with van der Waals surface area (Å²) in [7, 11) is 1.57. The normalized spacial score (nSPS) is 21.1. The zero-order chi connectivity index (χ0) is 25.3. The van der Waals surface area contributed by atoms with Gasteiger partial charge >= 0.3 is 6.18 Å². The number of carbonyl (C=O) groups excluding carboxylic acids is 2. The molecule has 2 aliphatic rings. The molecule has 1 N–H and O–H groups in total. The standard InChI is InChI=1S/C24H26F3N5O3/c1-14-9-21(30-35-14)23(34)32-12-18(19(13-32)22(33)29-2)15-5-7-31(8-6-15)17-4-3-16(11-28)20(10-17)24(25,26)27/h3-4,9-10,15,18-19H,5-8,12-13H2,1-2H3,(H,29,33)/t18-,19+/m0/s1. The second-order valence-corrected chi connectivity index (χ2v) is 9.08. The van der Waals surface area contributed by atoms with Gasteiger partial charge < -0.3 is 19.6 Å². The van der Waals surface area contributed by atoms with E-state index < -0.39 is 17.3 Å². The molecule has 35 heavy (non-hydrogen) atoms. The summed E-state index contributed by atoms with van der Waals surface area (Å²) in [6, 6.07) is 6.95. The SMILES string of the molecule is CNC(=O)[C@@H]1CN(C(=O)c2cc(C)on2)C[C@H]1C1CCN(c2ccc(C#N)c(C(F)(F)F)c2)CC1. The minimum Gasteiger partial charge on any atom is -0.372 e. The Bertz CT molecular complexity index is 1150. The van der Waals surface area contributed by atoms with Gasteiger partial charge in [-0.05, 0) is 49.8 Å². The molecule has 0 spiro atoms. The minimum atomic E-state index is -4.61. The van der Waals surface area contributed by atoms with Crippen LogP contribution in [-0.4, -0.2) is 55.1 Å². The maximum atomic E-state index is 13.4. The van der Waals surface area contributed by atoms with E-state index in [9.17, 15) is 22.8 Å². The molecule has 2 aromatic rings. The molecule has 0 saturated carbocycles. The molecule has 2 fully saturated rings. The summed E-state index contributed by atoms with van der Waals surface area (Å²) in [4.78, 5) is 29.0. The number of aryl methyl sites for hydroxylation is 1. The largest absolute Gasteiger partial charge is 0.417 e. The van der Waals surface area contributed by atoms with Gasteiger partial charge in [-0.3, -0.25) is 9.59 Å². The number of anilines is 1. The molecule has 2 aliphatic heterocycles. The second kappa shape index (κ2) is 9.60. The zero-order valence-corrected chi connectivity index (χ0v) is 19.4. The van der Waals surface area contributed by atoms with Gasteiger partial charge in [0, 0.05) is 45.0 Å². The molecule has 0 radical (unpaired) electrons. The van der Waals surface area contributed by atoms with Crippen LogP contribution < -0.4 is 10.2 Å². The predicted molar refractivity (Wildman–Crippen MR) is 119 cm³/mol. The van der Waals surface area contributed by atoms with Crippen molar-refractivity contribution in [3.05, 3.63) is 46.8 Å². The average molecular weight is 489 g/mol. The lowest BCUT2D eigenvalue weighted by atomic mass is 9.78. The van der Waals surface area contributed by atoms with Crippen LogP contribution in [0.5, 0.6) is 0 Å². The summed E-state index contributed by atoms with van der Waals surface area (Å²) in [5.41, 5.74) is -0.716. The van der Waals surface area contributed by atoms with E-state index in [0.29, 0.717) is 43.9 Å². The second-order valence-electron chi connectivity index (χ2n) is 9.08. The minimum absolute atomic E-state index is 0.0688. The lowest BCUT2D eigenvalue weighted by molar-refractivity contribution is -0.137. The number of alkyl halides is 3. The Balaban J connectivity index is 1.47. The first-order valence-corrected chi connectivity index (χ1v) is 11.4. The Morgan fingerprint density at radius 2 is 1.91 bits per heavy atom. The average Bonchev–Trinajstić information content (AvgIpc) is 3.49. The number of nitrogens with one attached hydrogen (secondary N) is 1. The molecule has 2 atom stereocenters. The van der Waals surface area contributed by atoms with E-state index in [1.54, 1.807) is 31.0 Å². The van der Waals surface area contributed by atoms with Crippen molar-refractivity contribution < 1.29 is 27.3 Å². The number of benzene rings is 1. The summed E-state index contributed by atoms with van der Waals surface area (Å²) in [6.45, 7) is 3.41. The summed E-state index contributed by atoms with van der Waals surface area (Å²) < 4.78 is 45.1. The highest BCUT2D eigenvalue weighted by Crippen LogP contribution is 2.39. The highest BCUT2D eigenvalue weighted by atomic mass is 19.4. The molecule has 11 heteroatoms. The van der Waals surface area contributed by atoms with Crippen molar-refractivity contribution in [2.75, 3.05) is 38.1 Å². The Labute approximate surface area is 200 Å². The molecule has 8 nitrogen and oxygen atoms in total. The van der Waals surface area contributed by atoms with Gasteiger partial charge in [-0.1, -0.05) is 5.16 Å². The van der Waals surface area contributed by atoms with Crippen LogP contribution in [0.4, 0.5) is 18.9 Å². The van der Waals surface area contributed by atoms with Crippen LogP contribution in [0, 0.1) is 36.0 Å². The highest BCUT2D eigenvalue weighted by molar-refractivity contribution is 5.93. The van der Waals surface area contributed by atoms with Crippen LogP contribution in [0.3, 0.4) is 0 Å². The van der Waals surface area contributed by atoms with Crippen molar-refractivity contribution >= 4 is 17.5 Å². The van der Waals surface area contributed by atoms with Gasteiger partial charge in [0.25, 0.3) is 5.91 Å². The quantitative estimate of drug-likeness (QED) is 0.708. The van der Waals surface area contributed by atoms with Crippen molar-refractivity contribution in [1.82, 2.24) is 15.4 Å². The van der Waals surface area contributed by atoms with Crippen molar-refractivity contribution in [2.24, 2.45) is 17.8 Å². The highest BCUT2D eigenvalue weighted by Gasteiger charge is 2.44. The number of hydrogen-bond donors (Lipinski definition) is 1. The van der Waals surface area contributed by atoms with Gasteiger partial charge in [-0.2, -0.15) is 18.4 Å². The van der Waals surface area contributed by atoms with Crippen LogP contribution in [-0.2, 0) is 11.0 Å². The lowest BCUT2D eigenvalue weighted by Gasteiger charge is -2.37. The van der Waals surface area contributed by atoms with E-state index in [1.807, 2.05) is 4.90 Å². The first kappa shape index (κ1) is 24.6. The number of halogens is 3. The van der Waals surface area contributed by atoms with Gasteiger partial charge in [0.2, 0.25) is 5.91 Å². The Kier molecular flexibility index (Phi) is 6.74. The van der Waals surface area contributed by atoms with Crippen LogP contribution in [0.1, 0.15) is 40.2 Å². The van der Waals surface area contributed by atoms with E-state index in [-0.39, 0.29) is 41.8 Å². The van der Waals surface area contributed by atoms with Gasteiger partial charge in [0.05, 0.1) is 23.1 Å². The zero-order valence-electron chi connectivity index (χ0n) is 19.4. The van der Waals surface area contributed by atoms with E-state index in [4.69, 9.17) is 9.78 Å². The van der Waals surface area contributed by atoms with Crippen LogP contribution in [0.25, 0.3) is 0 Å². The van der Waals surface area contributed by atoms with Crippen molar-refractivity contribution in [1.29, 1.82) is 5.26 Å². The molecule has 2 saturated heterocycles. The lowest BCUT2D eigenvalue weighted by Crippen LogP contribution is -2.41. The number of carbonyl (C=O) groups is 2. The molecule has 2 amide bonds. The monoisotopic (exact) mass is 489 g/mol. The fourth-order valence-electron chi connectivity index (χ4n) is 5.21. The number of piperidine rings is 1. The molecule has 0 bridgehead atoms. The fourth-order valence-corrected chi connectivity index (χ4v) is 5.21. The number of nitrogens with zero attached hydrogens (tertiary/aromatic N) is 4. The van der Waals surface area contributed by atoms with E-state index in [1.165, 1.54) is 12.1 Å². The van der Waals surface area contributed by atoms with Gasteiger partial charge in [0.15, 0.2) is 5.69 Å². The summed E-state index contributed by atoms with van der Waals surface area (Å²) in [5, 5.41) is 15.5. The third-order valence-electron chi connectivity index (χ3n) is 7.02. The molecule has 0 unspecified atom stereocenters. The molecule has 0 aliphatic carbocycles. The number of likely N-dealkylation sites (tertiary alicyclic amines) is 1. The van der Waals surface area contributed by atoms with E-state index in [2.05, 4.69) is 10.5 Å². The maximum Gasteiger partial charge on any atom is 0.417 e. The summed E-state index contributed by atoms with van der Waals surface area (Å²) >= 11 is 0. The van der Waals surface area contributed by atoms with Crippen molar-refractivity contribution in [3.63, 3.8) is 0 Å². The number of aromatic nitrogens is 1. The van der Waals surface area contributed by atoms with Gasteiger partial charge in [-0.15, -0.1) is 0 Å². The number of hydrogen-bond acceptors (Lipinski definition) is 6. The number of amides is 2. The molecule has 1 aromatic heterocycles. The van der Waals surface area contributed by atoms with Crippen LogP contribution in [0.2, 0.25) is 0 Å². The Morgan fingerprint density at radius 3 is 2.49 bits per heavy atom. The molecule has 186 valence electrons. The Morgan fingerprint density at radius 1 is 1.20 bits per heavy atom. The maximum absolute atomic E-state index is 13.4. The topological polar surface area (TPSA) is 102 Å². The fraction of sp³-hybridized carbons (Fsp3) is 0.500. The van der Waals surface area contributed by atoms with E-state index >= 15 is 0 Å². The number of nitriles is 1. The van der Waals surface area contributed by atoms with E-state index in [0.717, 1.165) is 6.07 Å². The molecule has 3 heterocycles. The van der Waals surface area contributed by atoms with Gasteiger partial charge in [0.1, 0.15) is 5.76 Å². The third-order valence-corrected chi connectivity index (χ3v) is 7.02. The molecule has 4 rings (SSSR count). The smallest absolute Gasteiger partial charge is 0.372 e. The van der Waals surface area contributed by atoms with Crippen molar-refractivity contribution in [2.45, 2.75) is 25.9 Å². The molecular weight excluding hydrogens is 463 g/mol. The first-order chi connectivity index (χ1) is 16.6. The molecule has 1 aromatic carbocycles. The van der Waals surface area contributed by atoms with Crippen LogP contribution in [0.15, 0.2) is 28.8 Å². The van der Waals surface area contributed by atoms with Crippen molar-refractivity contribution in [3.8, 4) is 6.07 Å². The first-order valence-electron chi connectivity index (χ1n) is 11.4. The number of rotatable bonds is 4.